The number of nitrogens with one attached hydrogen (secondary N) is 2. The van der Waals surface area contributed by atoms with E-state index in [0.717, 1.165) is 3.79 Å². The first-order valence-corrected chi connectivity index (χ1v) is 10.00. The number of carbonyl (C=O) groups is 3. The normalized spacial score (nSPS) is 12.9. The summed E-state index contributed by atoms with van der Waals surface area (Å²) in [5, 5.41) is 5.56. The minimum Gasteiger partial charge on any atom is -0.323 e. The molecule has 28 heavy (non-hydrogen) atoms. The van der Waals surface area contributed by atoms with Crippen LogP contribution in [0.4, 0.5) is 17.1 Å². The molecule has 0 radical (unpaired) electrons. The zero-order valence-corrected chi connectivity index (χ0v) is 16.8. The third-order valence-electron chi connectivity index (χ3n) is 4.20. The molecule has 0 spiro atoms. The molecule has 4 rings (SSSR count). The molecule has 8 heteroatoms. The summed E-state index contributed by atoms with van der Waals surface area (Å²) in [4.78, 5) is 39.1. The molecule has 0 fully saturated rings. The number of halogens is 1. The Bertz CT molecular complexity index is 1080. The first kappa shape index (κ1) is 18.4. The van der Waals surface area contributed by atoms with Crippen molar-refractivity contribution in [3.05, 3.63) is 74.9 Å². The second kappa shape index (κ2) is 7.57. The number of thiophene rings is 1. The maximum Gasteiger partial charge on any atom is 0.265 e. The Kier molecular flexibility index (Phi) is 4.97. The minimum atomic E-state index is -0.276. The summed E-state index contributed by atoms with van der Waals surface area (Å²) in [7, 11) is 0. The topological polar surface area (TPSA) is 78.5 Å². The lowest BCUT2D eigenvalue weighted by Crippen LogP contribution is -2.42. The van der Waals surface area contributed by atoms with E-state index in [-0.39, 0.29) is 24.3 Å². The summed E-state index contributed by atoms with van der Waals surface area (Å²) < 4.78 is 0.879. The summed E-state index contributed by atoms with van der Waals surface area (Å²) in [6.07, 6.45) is 0. The van der Waals surface area contributed by atoms with Crippen LogP contribution in [-0.2, 0) is 4.79 Å². The second-order valence-electron chi connectivity index (χ2n) is 6.09. The lowest BCUT2D eigenvalue weighted by atomic mass is 10.1. The number of nitrogens with zero attached hydrogens (tertiary/aromatic N) is 1. The molecule has 2 aromatic carbocycles. The van der Waals surface area contributed by atoms with Gasteiger partial charge in [0.25, 0.3) is 11.8 Å². The van der Waals surface area contributed by atoms with E-state index in [1.165, 1.54) is 16.2 Å². The standard InChI is InChI=1S/C20H14BrN3O3S/c21-17-10-9-16(28-17)19(26)22-13-7-5-12(6-8-13)20(27)24-11-18(25)23-14-3-1-2-4-15(14)24/h1-10H,11H2,(H,22,26)(H,23,25). The van der Waals surface area contributed by atoms with Gasteiger partial charge >= 0.3 is 0 Å². The Morgan fingerprint density at radius 1 is 1.04 bits per heavy atom. The van der Waals surface area contributed by atoms with Gasteiger partial charge in [0.1, 0.15) is 6.54 Å². The average Bonchev–Trinajstić information content (AvgIpc) is 3.14. The number of hydrogen-bond acceptors (Lipinski definition) is 4. The first-order chi connectivity index (χ1) is 13.5. The van der Waals surface area contributed by atoms with Crippen LogP contribution in [0.2, 0.25) is 0 Å². The summed E-state index contributed by atoms with van der Waals surface area (Å²) in [6, 6.07) is 17.3. The fourth-order valence-electron chi connectivity index (χ4n) is 2.90. The van der Waals surface area contributed by atoms with Gasteiger partial charge < -0.3 is 10.6 Å². The zero-order chi connectivity index (χ0) is 19.7. The van der Waals surface area contributed by atoms with Crippen LogP contribution in [0.3, 0.4) is 0 Å². The van der Waals surface area contributed by atoms with Gasteiger partial charge in [-0.25, -0.2) is 0 Å². The van der Waals surface area contributed by atoms with Crippen LogP contribution in [0.15, 0.2) is 64.5 Å². The van der Waals surface area contributed by atoms with Crippen LogP contribution in [0.5, 0.6) is 0 Å². The molecular weight excluding hydrogens is 442 g/mol. The highest BCUT2D eigenvalue weighted by Crippen LogP contribution is 2.30. The largest absolute Gasteiger partial charge is 0.323 e. The average molecular weight is 456 g/mol. The third-order valence-corrected chi connectivity index (χ3v) is 5.82. The molecule has 6 nitrogen and oxygen atoms in total. The molecule has 0 atom stereocenters. The highest BCUT2D eigenvalue weighted by Gasteiger charge is 2.27. The van der Waals surface area contributed by atoms with E-state index in [0.29, 0.717) is 27.5 Å². The number of benzene rings is 2. The number of hydrogen-bond donors (Lipinski definition) is 2. The minimum absolute atomic E-state index is 0.0401. The summed E-state index contributed by atoms with van der Waals surface area (Å²) in [5.41, 5.74) is 2.29. The third kappa shape index (κ3) is 3.69. The fourth-order valence-corrected chi connectivity index (χ4v) is 4.18. The smallest absolute Gasteiger partial charge is 0.265 e. The van der Waals surface area contributed by atoms with Crippen LogP contribution < -0.4 is 15.5 Å². The molecule has 0 aliphatic carbocycles. The van der Waals surface area contributed by atoms with Crippen LogP contribution in [0.1, 0.15) is 20.0 Å². The molecule has 0 unspecified atom stereocenters. The van der Waals surface area contributed by atoms with Crippen molar-refractivity contribution in [1.82, 2.24) is 0 Å². The van der Waals surface area contributed by atoms with Gasteiger partial charge in [0, 0.05) is 11.3 Å². The predicted octanol–water partition coefficient (Wildman–Crippen LogP) is 4.36. The Balaban J connectivity index is 1.52. The van der Waals surface area contributed by atoms with Crippen LogP contribution >= 0.6 is 27.3 Å². The highest BCUT2D eigenvalue weighted by atomic mass is 79.9. The van der Waals surface area contributed by atoms with Gasteiger partial charge in [-0.15, -0.1) is 11.3 Å². The molecule has 0 bridgehead atoms. The molecular formula is C20H14BrN3O3S. The Hall–Kier alpha value is -2.97. The maximum atomic E-state index is 12.9. The van der Waals surface area contributed by atoms with Crippen molar-refractivity contribution in [2.75, 3.05) is 22.1 Å². The number of carbonyl (C=O) groups excluding carboxylic acids is 3. The van der Waals surface area contributed by atoms with E-state index < -0.39 is 0 Å². The summed E-state index contributed by atoms with van der Waals surface area (Å²) in [5.74, 6) is -0.725. The molecule has 1 aromatic heterocycles. The number of fused-ring (bicyclic) bond motifs is 1. The van der Waals surface area contributed by atoms with Crippen molar-refractivity contribution in [2.45, 2.75) is 0 Å². The van der Waals surface area contributed by atoms with E-state index in [1.54, 1.807) is 48.5 Å². The summed E-state index contributed by atoms with van der Waals surface area (Å²) in [6.45, 7) is -0.0401. The lowest BCUT2D eigenvalue weighted by Gasteiger charge is -2.29. The maximum absolute atomic E-state index is 12.9. The van der Waals surface area contributed by atoms with E-state index >= 15 is 0 Å². The van der Waals surface area contributed by atoms with Gasteiger partial charge in [0.05, 0.1) is 20.0 Å². The Labute approximate surface area is 173 Å². The van der Waals surface area contributed by atoms with Gasteiger partial charge in [-0.1, -0.05) is 12.1 Å². The van der Waals surface area contributed by atoms with Crippen molar-refractivity contribution in [2.24, 2.45) is 0 Å². The monoisotopic (exact) mass is 455 g/mol. The van der Waals surface area contributed by atoms with Gasteiger partial charge in [0.15, 0.2) is 0 Å². The molecule has 0 saturated carbocycles. The van der Waals surface area contributed by atoms with Crippen LogP contribution in [-0.4, -0.2) is 24.3 Å². The van der Waals surface area contributed by atoms with Crippen LogP contribution in [0.25, 0.3) is 0 Å². The van der Waals surface area contributed by atoms with Crippen molar-refractivity contribution in [3.63, 3.8) is 0 Å². The molecule has 2 heterocycles. The molecule has 140 valence electrons. The van der Waals surface area contributed by atoms with E-state index in [2.05, 4.69) is 26.6 Å². The van der Waals surface area contributed by atoms with Gasteiger partial charge in [-0.3, -0.25) is 19.3 Å². The number of rotatable bonds is 3. The molecule has 1 aliphatic rings. The van der Waals surface area contributed by atoms with E-state index in [9.17, 15) is 14.4 Å². The predicted molar refractivity (Wildman–Crippen MR) is 113 cm³/mol. The van der Waals surface area contributed by atoms with Crippen molar-refractivity contribution >= 4 is 62.1 Å². The molecule has 1 aliphatic heterocycles. The van der Waals surface area contributed by atoms with E-state index in [1.807, 2.05) is 12.1 Å². The SMILES string of the molecule is O=C1CN(C(=O)c2ccc(NC(=O)c3ccc(Br)s3)cc2)c2ccccc2N1. The van der Waals surface area contributed by atoms with Gasteiger partial charge in [-0.2, -0.15) is 0 Å². The highest BCUT2D eigenvalue weighted by molar-refractivity contribution is 9.11. The molecule has 0 saturated heterocycles. The Morgan fingerprint density at radius 2 is 1.79 bits per heavy atom. The molecule has 3 aromatic rings. The first-order valence-electron chi connectivity index (χ1n) is 8.39. The molecule has 2 N–H and O–H groups in total. The quantitative estimate of drug-likeness (QED) is 0.615. The van der Waals surface area contributed by atoms with Gasteiger partial charge in [-0.05, 0) is 64.5 Å². The van der Waals surface area contributed by atoms with E-state index in [4.69, 9.17) is 0 Å². The van der Waals surface area contributed by atoms with Gasteiger partial charge in [0.2, 0.25) is 5.91 Å². The van der Waals surface area contributed by atoms with Crippen molar-refractivity contribution in [1.29, 1.82) is 0 Å². The second-order valence-corrected chi connectivity index (χ2v) is 8.55. The van der Waals surface area contributed by atoms with Crippen molar-refractivity contribution < 1.29 is 14.4 Å². The van der Waals surface area contributed by atoms with Crippen molar-refractivity contribution in [3.8, 4) is 0 Å². The lowest BCUT2D eigenvalue weighted by molar-refractivity contribution is -0.115. The Morgan fingerprint density at radius 3 is 2.50 bits per heavy atom. The summed E-state index contributed by atoms with van der Waals surface area (Å²) >= 11 is 4.67. The number of para-hydroxylation sites is 2. The fraction of sp³-hybridized carbons (Fsp3) is 0.0500. The molecule has 3 amide bonds. The number of anilines is 3. The number of amides is 3. The zero-order valence-electron chi connectivity index (χ0n) is 14.4. The van der Waals surface area contributed by atoms with Crippen LogP contribution in [0, 0.1) is 0 Å².